The van der Waals surface area contributed by atoms with Gasteiger partial charge in [-0.1, -0.05) is 30.3 Å². The average molecular weight is 402 g/mol. The van der Waals surface area contributed by atoms with Crippen molar-refractivity contribution in [3.05, 3.63) is 59.2 Å². The number of imide groups is 1. The Kier molecular flexibility index (Phi) is 4.86. The first-order chi connectivity index (χ1) is 13.9. The van der Waals surface area contributed by atoms with Crippen LogP contribution in [0.15, 0.2) is 42.5 Å². The first-order valence-corrected chi connectivity index (χ1v) is 9.29. The normalized spacial score (nSPS) is 20.8. The van der Waals surface area contributed by atoms with Crippen molar-refractivity contribution < 1.29 is 27.8 Å². The summed E-state index contributed by atoms with van der Waals surface area (Å²) < 4.78 is 34.5. The Labute approximate surface area is 166 Å². The van der Waals surface area contributed by atoms with Crippen LogP contribution in [-0.4, -0.2) is 30.6 Å². The van der Waals surface area contributed by atoms with Gasteiger partial charge >= 0.3 is 12.6 Å². The Morgan fingerprint density at radius 3 is 2.72 bits per heavy atom. The van der Waals surface area contributed by atoms with E-state index in [0.717, 1.165) is 28.9 Å². The average Bonchev–Trinajstić information content (AvgIpc) is 2.94. The number of carbonyl (C=O) groups is 2. The predicted octanol–water partition coefficient (Wildman–Crippen LogP) is 3.58. The highest BCUT2D eigenvalue weighted by Crippen LogP contribution is 2.40. The van der Waals surface area contributed by atoms with E-state index in [2.05, 4.69) is 10.1 Å². The molecule has 1 aliphatic carbocycles. The number of aryl methyl sites for hydroxylation is 1. The maximum Gasteiger partial charge on any atom is 0.387 e. The molecule has 2 aliphatic rings. The van der Waals surface area contributed by atoms with Crippen molar-refractivity contribution in [2.45, 2.75) is 38.0 Å². The van der Waals surface area contributed by atoms with Crippen molar-refractivity contribution in [1.82, 2.24) is 10.2 Å². The zero-order valence-electron chi connectivity index (χ0n) is 15.8. The molecule has 0 unspecified atom stereocenters. The van der Waals surface area contributed by atoms with Crippen molar-refractivity contribution in [2.75, 3.05) is 7.11 Å². The van der Waals surface area contributed by atoms with Gasteiger partial charge in [0.05, 0.1) is 13.7 Å². The molecule has 6 nitrogen and oxygen atoms in total. The fourth-order valence-electron chi connectivity index (χ4n) is 4.14. The number of nitrogens with one attached hydrogen (secondary N) is 1. The number of alkyl halides is 2. The van der Waals surface area contributed by atoms with Gasteiger partial charge in [-0.2, -0.15) is 8.78 Å². The Morgan fingerprint density at radius 2 is 1.97 bits per heavy atom. The number of fused-ring (bicyclic) bond motifs is 2. The molecule has 1 atom stereocenters. The van der Waals surface area contributed by atoms with Gasteiger partial charge in [0.1, 0.15) is 5.54 Å². The van der Waals surface area contributed by atoms with E-state index in [0.29, 0.717) is 12.0 Å². The van der Waals surface area contributed by atoms with Gasteiger partial charge in [-0.05, 0) is 48.1 Å². The highest BCUT2D eigenvalue weighted by molar-refractivity contribution is 6.07. The molecular weight excluding hydrogens is 382 g/mol. The lowest BCUT2D eigenvalue weighted by Crippen LogP contribution is -2.46. The van der Waals surface area contributed by atoms with Gasteiger partial charge in [0.15, 0.2) is 11.5 Å². The topological polar surface area (TPSA) is 67.9 Å². The molecule has 0 bridgehead atoms. The standard InChI is InChI=1S/C21H20F2N2O4/c1-28-17-11-13(8-9-16(17)29-19(22)23)12-25-18(26)21(24-20(25)27)10-4-6-14-5-2-3-7-15(14)21/h2-3,5,7-9,11,19H,4,6,10,12H2,1H3,(H,24,27)/t21-/m0/s1. The fourth-order valence-corrected chi connectivity index (χ4v) is 4.14. The highest BCUT2D eigenvalue weighted by atomic mass is 19.3. The summed E-state index contributed by atoms with van der Waals surface area (Å²) in [5.41, 5.74) is 1.41. The number of rotatable bonds is 5. The number of amides is 3. The number of urea groups is 1. The smallest absolute Gasteiger partial charge is 0.387 e. The lowest BCUT2D eigenvalue weighted by molar-refractivity contribution is -0.132. The molecule has 1 saturated heterocycles. The minimum Gasteiger partial charge on any atom is -0.493 e. The van der Waals surface area contributed by atoms with Gasteiger partial charge in [-0.15, -0.1) is 0 Å². The number of carbonyl (C=O) groups excluding carboxylic acids is 2. The summed E-state index contributed by atoms with van der Waals surface area (Å²) in [4.78, 5) is 27.1. The van der Waals surface area contributed by atoms with Gasteiger partial charge in [0, 0.05) is 0 Å². The summed E-state index contributed by atoms with van der Waals surface area (Å²) in [5.74, 6) is -0.310. The van der Waals surface area contributed by atoms with Gasteiger partial charge < -0.3 is 14.8 Å². The Hall–Kier alpha value is -3.16. The van der Waals surface area contributed by atoms with Crippen LogP contribution in [0.4, 0.5) is 13.6 Å². The number of nitrogens with zero attached hydrogens (tertiary/aromatic N) is 1. The molecule has 1 spiro atoms. The molecule has 0 saturated carbocycles. The predicted molar refractivity (Wildman–Crippen MR) is 99.8 cm³/mol. The minimum atomic E-state index is -2.98. The molecule has 29 heavy (non-hydrogen) atoms. The van der Waals surface area contributed by atoms with Crippen LogP contribution in [0.25, 0.3) is 0 Å². The van der Waals surface area contributed by atoms with E-state index in [9.17, 15) is 18.4 Å². The van der Waals surface area contributed by atoms with Crippen LogP contribution < -0.4 is 14.8 Å². The number of hydrogen-bond acceptors (Lipinski definition) is 4. The first-order valence-electron chi connectivity index (χ1n) is 9.29. The van der Waals surface area contributed by atoms with Crippen molar-refractivity contribution in [1.29, 1.82) is 0 Å². The van der Waals surface area contributed by atoms with Crippen LogP contribution in [0.1, 0.15) is 29.5 Å². The minimum absolute atomic E-state index is 0.0000971. The van der Waals surface area contributed by atoms with Gasteiger partial charge in [0.25, 0.3) is 5.91 Å². The van der Waals surface area contributed by atoms with E-state index in [1.165, 1.54) is 25.3 Å². The van der Waals surface area contributed by atoms with Crippen LogP contribution in [0.2, 0.25) is 0 Å². The SMILES string of the molecule is COc1cc(CN2C(=O)N[C@]3(CCCc4ccccc43)C2=O)ccc1OC(F)F. The number of methoxy groups -OCH3 is 1. The fraction of sp³-hybridized carbons (Fsp3) is 0.333. The molecule has 2 aromatic rings. The second-order valence-electron chi connectivity index (χ2n) is 7.10. The zero-order chi connectivity index (χ0) is 20.6. The molecule has 1 fully saturated rings. The van der Waals surface area contributed by atoms with Crippen LogP contribution in [-0.2, 0) is 23.3 Å². The summed E-state index contributed by atoms with van der Waals surface area (Å²) in [6.45, 7) is -2.98. The van der Waals surface area contributed by atoms with Gasteiger partial charge in [-0.25, -0.2) is 4.79 Å². The van der Waals surface area contributed by atoms with Gasteiger partial charge in [0.2, 0.25) is 0 Å². The van der Waals surface area contributed by atoms with E-state index >= 15 is 0 Å². The molecular formula is C21H20F2N2O4. The molecule has 8 heteroatoms. The molecule has 1 heterocycles. The van der Waals surface area contributed by atoms with Crippen molar-refractivity contribution in [2.24, 2.45) is 0 Å². The van der Waals surface area contributed by atoms with E-state index in [1.54, 1.807) is 0 Å². The zero-order valence-corrected chi connectivity index (χ0v) is 15.8. The summed E-state index contributed by atoms with van der Waals surface area (Å²) in [5, 5.41) is 2.89. The number of benzene rings is 2. The second kappa shape index (κ2) is 7.35. The highest BCUT2D eigenvalue weighted by Gasteiger charge is 2.53. The van der Waals surface area contributed by atoms with E-state index in [4.69, 9.17) is 4.74 Å². The van der Waals surface area contributed by atoms with Crippen LogP contribution in [0.3, 0.4) is 0 Å². The summed E-state index contributed by atoms with van der Waals surface area (Å²) in [7, 11) is 1.33. The van der Waals surface area contributed by atoms with Crippen molar-refractivity contribution in [3.8, 4) is 11.5 Å². The van der Waals surface area contributed by atoms with Crippen LogP contribution >= 0.6 is 0 Å². The molecule has 0 aromatic heterocycles. The Bertz CT molecular complexity index is 965. The van der Waals surface area contributed by atoms with E-state index in [-0.39, 0.29) is 24.0 Å². The molecule has 1 aliphatic heterocycles. The quantitative estimate of drug-likeness (QED) is 0.777. The monoisotopic (exact) mass is 402 g/mol. The number of ether oxygens (including phenoxy) is 2. The largest absolute Gasteiger partial charge is 0.493 e. The summed E-state index contributed by atoms with van der Waals surface area (Å²) in [6, 6.07) is 11.5. The third kappa shape index (κ3) is 3.28. The number of hydrogen-bond donors (Lipinski definition) is 1. The second-order valence-corrected chi connectivity index (χ2v) is 7.10. The maximum atomic E-state index is 13.3. The Balaban J connectivity index is 1.62. The van der Waals surface area contributed by atoms with Gasteiger partial charge in [-0.3, -0.25) is 9.69 Å². The lowest BCUT2D eigenvalue weighted by atomic mass is 9.76. The third-order valence-electron chi connectivity index (χ3n) is 5.44. The van der Waals surface area contributed by atoms with Crippen LogP contribution in [0, 0.1) is 0 Å². The Morgan fingerprint density at radius 1 is 1.17 bits per heavy atom. The molecule has 4 rings (SSSR count). The van der Waals surface area contributed by atoms with E-state index in [1.807, 2.05) is 24.3 Å². The molecule has 152 valence electrons. The first kappa shape index (κ1) is 19.2. The molecule has 0 radical (unpaired) electrons. The maximum absolute atomic E-state index is 13.3. The number of halogens is 2. The summed E-state index contributed by atoms with van der Waals surface area (Å²) in [6.07, 6.45) is 2.20. The molecule has 3 amide bonds. The summed E-state index contributed by atoms with van der Waals surface area (Å²) >= 11 is 0. The molecule has 2 aromatic carbocycles. The third-order valence-corrected chi connectivity index (χ3v) is 5.44. The van der Waals surface area contributed by atoms with Crippen LogP contribution in [0.5, 0.6) is 11.5 Å². The van der Waals surface area contributed by atoms with Crippen molar-refractivity contribution in [3.63, 3.8) is 0 Å². The molecule has 1 N–H and O–H groups in total. The van der Waals surface area contributed by atoms with Crippen molar-refractivity contribution >= 4 is 11.9 Å². The lowest BCUT2D eigenvalue weighted by Gasteiger charge is -2.33. The van der Waals surface area contributed by atoms with E-state index < -0.39 is 18.2 Å².